The van der Waals surface area contributed by atoms with Crippen molar-refractivity contribution in [3.8, 4) is 78.9 Å². The molecule has 22 rings (SSSR count). The van der Waals surface area contributed by atoms with Gasteiger partial charge in [0, 0.05) is 109 Å². The zero-order valence-corrected chi connectivity index (χ0v) is 57.4. The lowest BCUT2D eigenvalue weighted by Crippen LogP contribution is -1.98. The summed E-state index contributed by atoms with van der Waals surface area (Å²) in [6.45, 7) is 0. The molecule has 22 aromatic rings. The van der Waals surface area contributed by atoms with Gasteiger partial charge in [-0.3, -0.25) is 0 Å². The molecule has 0 unspecified atom stereocenters. The van der Waals surface area contributed by atoms with Gasteiger partial charge in [0.2, 0.25) is 0 Å². The van der Waals surface area contributed by atoms with Gasteiger partial charge in [0.15, 0.2) is 22.9 Å². The summed E-state index contributed by atoms with van der Waals surface area (Å²) in [5.74, 6) is 1.30. The van der Waals surface area contributed by atoms with Crippen molar-refractivity contribution < 1.29 is 0 Å². The van der Waals surface area contributed by atoms with Gasteiger partial charge in [-0.15, -0.1) is 22.7 Å². The minimum Gasteiger partial charge on any atom is -0.308 e. The number of benzene rings is 14. The van der Waals surface area contributed by atoms with E-state index in [-0.39, 0.29) is 0 Å². The van der Waals surface area contributed by atoms with Gasteiger partial charge in [-0.1, -0.05) is 224 Å². The van der Waals surface area contributed by atoms with Crippen molar-refractivity contribution in [2.45, 2.75) is 0 Å². The highest BCUT2D eigenvalue weighted by atomic mass is 32.1. The van der Waals surface area contributed by atoms with Gasteiger partial charge in [-0.05, 0) is 147 Å². The molecule has 0 bridgehead atoms. The van der Waals surface area contributed by atoms with Crippen LogP contribution in [0.2, 0.25) is 0 Å². The summed E-state index contributed by atoms with van der Waals surface area (Å²) in [5, 5.41) is 17.4. The number of hydrogen-bond acceptors (Lipinski definition) is 8. The Morgan fingerprint density at radius 2 is 0.577 bits per heavy atom. The third-order valence-corrected chi connectivity index (χ3v) is 22.9. The molecule has 104 heavy (non-hydrogen) atoms. The molecule has 0 saturated carbocycles. The highest BCUT2D eigenvalue weighted by Gasteiger charge is 2.25. The predicted octanol–water partition coefficient (Wildman–Crippen LogP) is 25.3. The minimum absolute atomic E-state index is 0.651. The molecule has 484 valence electrons. The van der Waals surface area contributed by atoms with Crippen molar-refractivity contribution in [1.82, 2.24) is 39.0 Å². The molecule has 0 radical (unpaired) electrons. The van der Waals surface area contributed by atoms with Gasteiger partial charge in [-0.25, -0.2) is 29.9 Å². The number of rotatable bonds is 8. The maximum absolute atomic E-state index is 5.21. The first kappa shape index (κ1) is 59.5. The maximum Gasteiger partial charge on any atom is 0.163 e. The van der Waals surface area contributed by atoms with Crippen LogP contribution in [0.4, 0.5) is 0 Å². The summed E-state index contributed by atoms with van der Waals surface area (Å²) < 4.78 is 10.1. The Morgan fingerprint density at radius 1 is 0.231 bits per heavy atom. The third-order valence-electron chi connectivity index (χ3n) is 20.5. The molecule has 10 heteroatoms. The average Bonchev–Trinajstić information content (AvgIpc) is 1.54. The molecule has 8 aromatic heterocycles. The zero-order valence-electron chi connectivity index (χ0n) is 55.7. The van der Waals surface area contributed by atoms with Crippen LogP contribution in [-0.2, 0) is 0 Å². The molecular formula is C94H56N8S2. The fourth-order valence-corrected chi connectivity index (χ4v) is 18.4. The molecule has 8 nitrogen and oxygen atoms in total. The van der Waals surface area contributed by atoms with Crippen LogP contribution in [-0.4, -0.2) is 39.0 Å². The van der Waals surface area contributed by atoms with E-state index in [0.29, 0.717) is 22.9 Å². The van der Waals surface area contributed by atoms with E-state index in [2.05, 4.69) is 322 Å². The second kappa shape index (κ2) is 24.2. The van der Waals surface area contributed by atoms with Crippen LogP contribution in [0, 0.1) is 0 Å². The monoisotopic (exact) mass is 1360 g/mol. The average molecular weight is 1360 g/mol. The lowest BCUT2D eigenvalue weighted by atomic mass is 9.99. The Hall–Kier alpha value is -13.4. The normalized spacial score (nSPS) is 11.8. The van der Waals surface area contributed by atoms with E-state index in [1.54, 1.807) is 12.4 Å². The minimum atomic E-state index is 0.651. The van der Waals surface area contributed by atoms with E-state index >= 15 is 0 Å². The number of pyridine rings is 2. The Bertz CT molecular complexity index is 7200. The first-order chi connectivity index (χ1) is 51.6. The highest BCUT2D eigenvalue weighted by molar-refractivity contribution is 7.27. The Balaban J connectivity index is 0.000000134. The van der Waals surface area contributed by atoms with Crippen molar-refractivity contribution in [2.75, 3.05) is 0 Å². The molecule has 0 amide bonds. The van der Waals surface area contributed by atoms with Gasteiger partial charge >= 0.3 is 0 Å². The van der Waals surface area contributed by atoms with Crippen LogP contribution in [0.5, 0.6) is 0 Å². The van der Waals surface area contributed by atoms with Gasteiger partial charge in [0.05, 0.1) is 42.9 Å². The van der Waals surface area contributed by atoms with Crippen LogP contribution in [0.25, 0.3) is 206 Å². The molecular weight excluding hydrogens is 1310 g/mol. The smallest absolute Gasteiger partial charge is 0.163 e. The Kier molecular flexibility index (Phi) is 13.8. The predicted molar refractivity (Wildman–Crippen MR) is 437 cm³/mol. The summed E-state index contributed by atoms with van der Waals surface area (Å²) in [7, 11) is 0. The standard InChI is InChI=1S/2C47H28N4S/c1-2-12-29(13-3-1)31-14-10-15-32(28-31)43-38-20-11-27-48-47(38)50-46(49-43)30-23-25-33(26-24-30)51-39-21-8-6-18-36(39)41-34-16-4-5-17-35(34)42-37-19-7-9-22-40(37)52-45(42)44(41)51;1-2-11-29(12-3-1)30-20-22-31(23-21-30)43-38-17-10-28-48-47(38)50-46(49-43)32-24-26-33(27-25-32)51-39-18-8-6-15-36(39)41-34-13-4-5-14-35(34)42-37-16-7-9-19-40(37)52-45(42)44(41)51/h2*1-28H. The number of thiophene rings is 2. The lowest BCUT2D eigenvalue weighted by Gasteiger charge is -2.12. The molecule has 0 aliphatic heterocycles. The molecule has 14 aromatic carbocycles. The van der Waals surface area contributed by atoms with Crippen molar-refractivity contribution in [3.63, 3.8) is 0 Å². The van der Waals surface area contributed by atoms with Gasteiger partial charge in [0.25, 0.3) is 0 Å². The van der Waals surface area contributed by atoms with Gasteiger partial charge in [0.1, 0.15) is 0 Å². The third kappa shape index (κ3) is 9.57. The fraction of sp³-hybridized carbons (Fsp3) is 0. The Morgan fingerprint density at radius 3 is 1.06 bits per heavy atom. The number of para-hydroxylation sites is 2. The van der Waals surface area contributed by atoms with E-state index in [4.69, 9.17) is 19.9 Å². The summed E-state index contributed by atoms with van der Waals surface area (Å²) in [5.41, 5.74) is 18.8. The van der Waals surface area contributed by atoms with Gasteiger partial charge in [-0.2, -0.15) is 0 Å². The quantitative estimate of drug-likeness (QED) is 0.151. The van der Waals surface area contributed by atoms with E-state index in [9.17, 15) is 0 Å². The van der Waals surface area contributed by atoms with Gasteiger partial charge < -0.3 is 9.13 Å². The van der Waals surface area contributed by atoms with Crippen molar-refractivity contribution in [3.05, 3.63) is 340 Å². The Labute approximate surface area is 604 Å². The van der Waals surface area contributed by atoms with Crippen LogP contribution in [0.1, 0.15) is 0 Å². The number of nitrogens with zero attached hydrogens (tertiary/aromatic N) is 8. The number of aromatic nitrogens is 8. The van der Waals surface area contributed by atoms with Crippen LogP contribution >= 0.6 is 22.7 Å². The van der Waals surface area contributed by atoms with Crippen molar-refractivity contribution in [1.29, 1.82) is 0 Å². The van der Waals surface area contributed by atoms with Crippen LogP contribution in [0.3, 0.4) is 0 Å². The maximum atomic E-state index is 5.21. The second-order valence-corrected chi connectivity index (χ2v) is 28.5. The molecule has 0 saturated heterocycles. The van der Waals surface area contributed by atoms with Crippen molar-refractivity contribution >= 4 is 150 Å². The first-order valence-electron chi connectivity index (χ1n) is 34.9. The van der Waals surface area contributed by atoms with E-state index < -0.39 is 0 Å². The topological polar surface area (TPSA) is 87.2 Å². The summed E-state index contributed by atoms with van der Waals surface area (Å²) >= 11 is 3.76. The highest BCUT2D eigenvalue weighted by Crippen LogP contribution is 2.50. The van der Waals surface area contributed by atoms with E-state index in [0.717, 1.165) is 61.4 Å². The molecule has 0 fully saturated rings. The molecule has 0 atom stereocenters. The largest absolute Gasteiger partial charge is 0.308 e. The van der Waals surface area contributed by atoms with Crippen LogP contribution < -0.4 is 0 Å². The number of fused-ring (bicyclic) bond motifs is 22. The van der Waals surface area contributed by atoms with E-state index in [1.165, 1.54) is 122 Å². The lowest BCUT2D eigenvalue weighted by molar-refractivity contribution is 1.17. The zero-order chi connectivity index (χ0) is 68.3. The van der Waals surface area contributed by atoms with Crippen molar-refractivity contribution in [2.24, 2.45) is 0 Å². The second-order valence-electron chi connectivity index (χ2n) is 26.4. The summed E-state index contributed by atoms with van der Waals surface area (Å²) in [4.78, 5) is 29.7. The SMILES string of the molecule is c1ccc(-c2ccc(-c3nc(-c4ccc(-n5c6ccccc6c6c7ccccc7c7c8ccccc8sc7c65)cc4)nc4ncccc34)cc2)cc1.c1ccc(-c2cccc(-c3nc(-c4ccc(-n5c6ccccc6c6c7ccccc7c7c8ccccc8sc7c65)cc4)nc4ncccc34)c2)cc1. The summed E-state index contributed by atoms with van der Waals surface area (Å²) in [6, 6.07) is 116. The molecule has 0 spiro atoms. The number of hydrogen-bond donors (Lipinski definition) is 0. The molecule has 0 aliphatic carbocycles. The van der Waals surface area contributed by atoms with Crippen LogP contribution in [0.15, 0.2) is 340 Å². The summed E-state index contributed by atoms with van der Waals surface area (Å²) in [6.07, 6.45) is 3.60. The molecule has 0 N–H and O–H groups in total. The molecule has 0 aliphatic rings. The molecule has 8 heterocycles. The van der Waals surface area contributed by atoms with E-state index in [1.807, 2.05) is 46.9 Å². The fourth-order valence-electron chi connectivity index (χ4n) is 15.9. The first-order valence-corrected chi connectivity index (χ1v) is 36.5.